The molecule has 0 amide bonds. The van der Waals surface area contributed by atoms with E-state index in [4.69, 9.17) is 11.6 Å². The first kappa shape index (κ1) is 16.5. The standard InChI is InChI=1S/C18H25ClNO/c19-17-11-9-16(10-12-17)18(21)8-4-1-2-5-13-20-14-6-3-7-15-20/h3,9-12H,1-2,4-8,13-15H2. The highest BCUT2D eigenvalue weighted by atomic mass is 35.5. The lowest BCUT2D eigenvalue weighted by Gasteiger charge is -2.26. The average Bonchev–Trinajstić information content (AvgIpc) is 2.52. The molecule has 0 N–H and O–H groups in total. The molecule has 1 saturated heterocycles. The van der Waals surface area contributed by atoms with Crippen molar-refractivity contribution in [3.8, 4) is 0 Å². The highest BCUT2D eigenvalue weighted by molar-refractivity contribution is 6.30. The molecular formula is C18H25ClNO. The van der Waals surface area contributed by atoms with E-state index in [1.165, 1.54) is 45.3 Å². The number of ketones is 1. The summed E-state index contributed by atoms with van der Waals surface area (Å²) in [6.07, 6.45) is 10.2. The highest BCUT2D eigenvalue weighted by Gasteiger charge is 2.09. The number of likely N-dealkylation sites (tertiary alicyclic amines) is 1. The smallest absolute Gasteiger partial charge is 0.162 e. The Bertz CT molecular complexity index is 423. The maximum atomic E-state index is 12.0. The molecule has 3 heteroatoms. The zero-order valence-electron chi connectivity index (χ0n) is 12.7. The molecule has 0 spiro atoms. The van der Waals surface area contributed by atoms with Gasteiger partial charge in [0, 0.05) is 17.0 Å². The van der Waals surface area contributed by atoms with Gasteiger partial charge in [0.2, 0.25) is 0 Å². The summed E-state index contributed by atoms with van der Waals surface area (Å²) in [7, 11) is 0. The molecule has 1 radical (unpaired) electrons. The molecule has 0 bridgehead atoms. The molecule has 1 heterocycles. The van der Waals surface area contributed by atoms with Crippen LogP contribution in [0.2, 0.25) is 5.02 Å². The van der Waals surface area contributed by atoms with Crippen LogP contribution in [0.4, 0.5) is 0 Å². The van der Waals surface area contributed by atoms with E-state index in [-0.39, 0.29) is 5.78 Å². The summed E-state index contributed by atoms with van der Waals surface area (Å²) in [5, 5.41) is 0.682. The molecule has 115 valence electrons. The molecule has 21 heavy (non-hydrogen) atoms. The van der Waals surface area contributed by atoms with E-state index in [0.29, 0.717) is 11.4 Å². The van der Waals surface area contributed by atoms with Crippen LogP contribution in [0.1, 0.15) is 55.3 Å². The molecule has 1 fully saturated rings. The van der Waals surface area contributed by atoms with E-state index in [1.807, 2.05) is 12.1 Å². The van der Waals surface area contributed by atoms with Crippen LogP contribution in [0, 0.1) is 6.42 Å². The number of piperidine rings is 1. The number of Topliss-reactive ketones (excluding diaryl/α,β-unsaturated/α-hetero) is 1. The van der Waals surface area contributed by atoms with Gasteiger partial charge < -0.3 is 4.90 Å². The second-order valence-electron chi connectivity index (χ2n) is 5.80. The Balaban J connectivity index is 1.53. The van der Waals surface area contributed by atoms with Crippen LogP contribution in [0.3, 0.4) is 0 Å². The molecule has 1 aliphatic heterocycles. The minimum atomic E-state index is 0.234. The van der Waals surface area contributed by atoms with Crippen LogP contribution in [0.25, 0.3) is 0 Å². The molecule has 1 aliphatic rings. The Morgan fingerprint density at radius 2 is 1.67 bits per heavy atom. The van der Waals surface area contributed by atoms with Gasteiger partial charge in [-0.1, -0.05) is 24.4 Å². The van der Waals surface area contributed by atoms with Gasteiger partial charge in [-0.25, -0.2) is 0 Å². The molecule has 0 unspecified atom stereocenters. The van der Waals surface area contributed by atoms with Gasteiger partial charge in [0.1, 0.15) is 0 Å². The second-order valence-corrected chi connectivity index (χ2v) is 6.24. The summed E-state index contributed by atoms with van der Waals surface area (Å²) in [5.41, 5.74) is 0.781. The fraction of sp³-hybridized carbons (Fsp3) is 0.556. The fourth-order valence-electron chi connectivity index (χ4n) is 2.78. The van der Waals surface area contributed by atoms with Crippen molar-refractivity contribution in [2.45, 2.75) is 44.9 Å². The number of halogens is 1. The Kier molecular flexibility index (Phi) is 7.25. The van der Waals surface area contributed by atoms with Crippen molar-refractivity contribution in [2.24, 2.45) is 0 Å². The third-order valence-electron chi connectivity index (χ3n) is 4.09. The van der Waals surface area contributed by atoms with Gasteiger partial charge in [-0.3, -0.25) is 4.79 Å². The molecule has 1 aromatic rings. The number of hydrogen-bond acceptors (Lipinski definition) is 2. The second kappa shape index (κ2) is 9.22. The monoisotopic (exact) mass is 306 g/mol. The van der Waals surface area contributed by atoms with Gasteiger partial charge in [-0.2, -0.15) is 0 Å². The third kappa shape index (κ3) is 6.19. The number of carbonyl (C=O) groups is 1. The number of nitrogens with zero attached hydrogens (tertiary/aromatic N) is 1. The number of rotatable bonds is 8. The van der Waals surface area contributed by atoms with Crippen molar-refractivity contribution in [1.82, 2.24) is 4.90 Å². The predicted molar refractivity (Wildman–Crippen MR) is 88.8 cm³/mol. The van der Waals surface area contributed by atoms with Crippen LogP contribution in [-0.2, 0) is 0 Å². The van der Waals surface area contributed by atoms with Gasteiger partial charge in [0.05, 0.1) is 0 Å². The predicted octanol–water partition coefficient (Wildman–Crippen LogP) is 4.77. The summed E-state index contributed by atoms with van der Waals surface area (Å²) >= 11 is 5.82. The number of benzene rings is 1. The van der Waals surface area contributed by atoms with Crippen LogP contribution in [-0.4, -0.2) is 30.3 Å². The maximum absolute atomic E-state index is 12.0. The topological polar surface area (TPSA) is 20.3 Å². The lowest BCUT2D eigenvalue weighted by Crippen LogP contribution is -2.30. The summed E-state index contributed by atoms with van der Waals surface area (Å²) in [6, 6.07) is 7.20. The Morgan fingerprint density at radius 3 is 2.38 bits per heavy atom. The van der Waals surface area contributed by atoms with Gasteiger partial charge >= 0.3 is 0 Å². The first-order chi connectivity index (χ1) is 10.3. The summed E-state index contributed by atoms with van der Waals surface area (Å²) < 4.78 is 0. The third-order valence-corrected chi connectivity index (χ3v) is 4.35. The first-order valence-corrected chi connectivity index (χ1v) is 8.46. The minimum absolute atomic E-state index is 0.234. The van der Waals surface area contributed by atoms with Crippen molar-refractivity contribution >= 4 is 17.4 Å². The Labute approximate surface area is 133 Å². The van der Waals surface area contributed by atoms with E-state index in [9.17, 15) is 4.79 Å². The van der Waals surface area contributed by atoms with E-state index in [2.05, 4.69) is 11.3 Å². The Morgan fingerprint density at radius 1 is 1.00 bits per heavy atom. The maximum Gasteiger partial charge on any atom is 0.162 e. The summed E-state index contributed by atoms with van der Waals surface area (Å²) in [5.74, 6) is 0.234. The molecule has 1 aromatic carbocycles. The van der Waals surface area contributed by atoms with Crippen LogP contribution < -0.4 is 0 Å². The van der Waals surface area contributed by atoms with Crippen molar-refractivity contribution in [3.63, 3.8) is 0 Å². The van der Waals surface area contributed by atoms with Crippen molar-refractivity contribution in [3.05, 3.63) is 41.3 Å². The van der Waals surface area contributed by atoms with E-state index in [0.717, 1.165) is 18.4 Å². The average molecular weight is 307 g/mol. The van der Waals surface area contributed by atoms with Crippen LogP contribution in [0.5, 0.6) is 0 Å². The van der Waals surface area contributed by atoms with Gasteiger partial charge in [-0.05, 0) is 76.0 Å². The fourth-order valence-corrected chi connectivity index (χ4v) is 2.91. The lowest BCUT2D eigenvalue weighted by molar-refractivity contribution is 0.0979. The summed E-state index contributed by atoms with van der Waals surface area (Å²) in [6.45, 7) is 3.68. The number of hydrogen-bond donors (Lipinski definition) is 0. The highest BCUT2D eigenvalue weighted by Crippen LogP contribution is 2.14. The summed E-state index contributed by atoms with van der Waals surface area (Å²) in [4.78, 5) is 14.5. The van der Waals surface area contributed by atoms with Crippen LogP contribution >= 0.6 is 11.6 Å². The number of unbranched alkanes of at least 4 members (excludes halogenated alkanes) is 3. The Hall–Kier alpha value is -0.860. The van der Waals surface area contributed by atoms with Crippen molar-refractivity contribution in [2.75, 3.05) is 19.6 Å². The quantitative estimate of drug-likeness (QED) is 0.509. The van der Waals surface area contributed by atoms with E-state index < -0.39 is 0 Å². The molecule has 0 saturated carbocycles. The van der Waals surface area contributed by atoms with Crippen molar-refractivity contribution < 1.29 is 4.79 Å². The molecule has 2 rings (SSSR count). The molecule has 0 aliphatic carbocycles. The van der Waals surface area contributed by atoms with Gasteiger partial charge in [-0.15, -0.1) is 0 Å². The molecule has 2 nitrogen and oxygen atoms in total. The lowest BCUT2D eigenvalue weighted by atomic mass is 10.0. The van der Waals surface area contributed by atoms with Crippen LogP contribution in [0.15, 0.2) is 24.3 Å². The normalized spacial score (nSPS) is 16.0. The van der Waals surface area contributed by atoms with Gasteiger partial charge in [0.15, 0.2) is 5.78 Å². The molecule has 0 aromatic heterocycles. The minimum Gasteiger partial charge on any atom is -0.303 e. The zero-order chi connectivity index (χ0) is 14.9. The number of carbonyl (C=O) groups excluding carboxylic acids is 1. The van der Waals surface area contributed by atoms with Crippen molar-refractivity contribution in [1.29, 1.82) is 0 Å². The first-order valence-electron chi connectivity index (χ1n) is 8.08. The van der Waals surface area contributed by atoms with Gasteiger partial charge in [0.25, 0.3) is 0 Å². The molecular weight excluding hydrogens is 282 g/mol. The molecule has 0 atom stereocenters. The van der Waals surface area contributed by atoms with E-state index in [1.54, 1.807) is 12.1 Å². The zero-order valence-corrected chi connectivity index (χ0v) is 13.4. The SMILES string of the molecule is O=C(CCCCCCN1CC[CH]CC1)c1ccc(Cl)cc1. The largest absolute Gasteiger partial charge is 0.303 e. The van der Waals surface area contributed by atoms with E-state index >= 15 is 0 Å².